The van der Waals surface area contributed by atoms with E-state index < -0.39 is 0 Å². The fourth-order valence-corrected chi connectivity index (χ4v) is 3.35. The molecule has 112 valence electrons. The zero-order chi connectivity index (χ0) is 14.1. The second-order valence-electron chi connectivity index (χ2n) is 7.14. The molecule has 0 spiro atoms. The Balaban J connectivity index is 2.23. The van der Waals surface area contributed by atoms with Gasteiger partial charge in [-0.05, 0) is 49.4 Å². The molecule has 2 atom stereocenters. The lowest BCUT2D eigenvalue weighted by molar-refractivity contribution is 0.0877. The third-order valence-electron chi connectivity index (χ3n) is 4.67. The van der Waals surface area contributed by atoms with Crippen LogP contribution in [0.5, 0.6) is 0 Å². The van der Waals surface area contributed by atoms with Crippen molar-refractivity contribution >= 4 is 0 Å². The van der Waals surface area contributed by atoms with E-state index in [1.807, 2.05) is 0 Å². The predicted molar refractivity (Wildman–Crippen MR) is 84.2 cm³/mol. The third kappa shape index (κ3) is 6.61. The standard InChI is InChI=1S/C18H34O/c1-4-5-6-7-8-9-10-11-16-12-13-18(2,3)14-17(16)15-19/h10-11,16-17,19H,4-9,12-15H2,1-3H3/b11-10-/t16-,17+/m1/s1. The monoisotopic (exact) mass is 266 g/mol. The summed E-state index contributed by atoms with van der Waals surface area (Å²) in [5, 5.41) is 9.56. The lowest BCUT2D eigenvalue weighted by Gasteiger charge is -2.39. The van der Waals surface area contributed by atoms with Crippen molar-refractivity contribution < 1.29 is 5.11 Å². The first-order valence-corrected chi connectivity index (χ1v) is 8.36. The van der Waals surface area contributed by atoms with Crippen molar-refractivity contribution in [1.82, 2.24) is 0 Å². The number of rotatable bonds is 8. The quantitative estimate of drug-likeness (QED) is 0.464. The maximum absolute atomic E-state index is 9.56. The maximum Gasteiger partial charge on any atom is 0.0465 e. The summed E-state index contributed by atoms with van der Waals surface area (Å²) >= 11 is 0. The molecule has 0 aromatic carbocycles. The molecular formula is C18H34O. The van der Waals surface area contributed by atoms with Gasteiger partial charge in [0.2, 0.25) is 0 Å². The van der Waals surface area contributed by atoms with E-state index in [1.165, 1.54) is 57.8 Å². The van der Waals surface area contributed by atoms with Crippen LogP contribution in [0.25, 0.3) is 0 Å². The first kappa shape index (κ1) is 16.8. The van der Waals surface area contributed by atoms with Gasteiger partial charge in [-0.2, -0.15) is 0 Å². The summed E-state index contributed by atoms with van der Waals surface area (Å²) in [6, 6.07) is 0. The minimum Gasteiger partial charge on any atom is -0.396 e. The SMILES string of the molecule is CCCCCCC/C=C\[C@@H]1CCC(C)(C)C[C@H]1CO. The van der Waals surface area contributed by atoms with E-state index in [0.717, 1.165) is 0 Å². The van der Waals surface area contributed by atoms with Crippen LogP contribution in [0.4, 0.5) is 0 Å². The fourth-order valence-electron chi connectivity index (χ4n) is 3.35. The largest absolute Gasteiger partial charge is 0.396 e. The van der Waals surface area contributed by atoms with E-state index in [-0.39, 0.29) is 0 Å². The summed E-state index contributed by atoms with van der Waals surface area (Å²) in [4.78, 5) is 0. The molecule has 1 aliphatic rings. The van der Waals surface area contributed by atoms with Crippen LogP contribution in [0, 0.1) is 17.3 Å². The molecule has 1 nitrogen and oxygen atoms in total. The maximum atomic E-state index is 9.56. The van der Waals surface area contributed by atoms with Crippen LogP contribution in [0.1, 0.15) is 78.6 Å². The molecule has 1 fully saturated rings. The molecule has 19 heavy (non-hydrogen) atoms. The van der Waals surface area contributed by atoms with Crippen molar-refractivity contribution in [2.75, 3.05) is 6.61 Å². The van der Waals surface area contributed by atoms with Crippen LogP contribution >= 0.6 is 0 Å². The van der Waals surface area contributed by atoms with Crippen LogP contribution in [0.3, 0.4) is 0 Å². The Labute approximate surface area is 120 Å². The highest BCUT2D eigenvalue weighted by atomic mass is 16.3. The Morgan fingerprint density at radius 2 is 1.89 bits per heavy atom. The van der Waals surface area contributed by atoms with Crippen LogP contribution < -0.4 is 0 Å². The van der Waals surface area contributed by atoms with Gasteiger partial charge >= 0.3 is 0 Å². The predicted octanol–water partition coefficient (Wildman–Crippen LogP) is 5.34. The summed E-state index contributed by atoms with van der Waals surface area (Å²) in [5.41, 5.74) is 0.428. The molecule has 0 saturated heterocycles. The minimum atomic E-state index is 0.356. The van der Waals surface area contributed by atoms with Gasteiger partial charge in [-0.1, -0.05) is 58.6 Å². The van der Waals surface area contributed by atoms with Crippen molar-refractivity contribution in [1.29, 1.82) is 0 Å². The Bertz CT molecular complexity index is 254. The van der Waals surface area contributed by atoms with E-state index in [4.69, 9.17) is 0 Å². The Morgan fingerprint density at radius 1 is 1.16 bits per heavy atom. The summed E-state index contributed by atoms with van der Waals surface area (Å²) in [6.07, 6.45) is 16.5. The molecule has 0 heterocycles. The second kappa shape index (κ2) is 8.79. The van der Waals surface area contributed by atoms with E-state index in [1.54, 1.807) is 0 Å². The van der Waals surface area contributed by atoms with E-state index in [9.17, 15) is 5.11 Å². The topological polar surface area (TPSA) is 20.2 Å². The van der Waals surface area contributed by atoms with Crippen molar-refractivity contribution in [3.63, 3.8) is 0 Å². The highest BCUT2D eigenvalue weighted by molar-refractivity contribution is 4.96. The number of aliphatic hydroxyl groups is 1. The molecule has 0 unspecified atom stereocenters. The van der Waals surface area contributed by atoms with Crippen molar-refractivity contribution in [3.05, 3.63) is 12.2 Å². The van der Waals surface area contributed by atoms with Crippen LogP contribution in [-0.2, 0) is 0 Å². The van der Waals surface area contributed by atoms with Crippen LogP contribution in [0.15, 0.2) is 12.2 Å². The van der Waals surface area contributed by atoms with E-state index >= 15 is 0 Å². The number of aliphatic hydroxyl groups excluding tert-OH is 1. The van der Waals surface area contributed by atoms with Gasteiger partial charge in [-0.15, -0.1) is 0 Å². The molecule has 0 amide bonds. The van der Waals surface area contributed by atoms with Gasteiger partial charge in [0.05, 0.1) is 0 Å². The average molecular weight is 266 g/mol. The van der Waals surface area contributed by atoms with Crippen molar-refractivity contribution in [2.45, 2.75) is 78.6 Å². The zero-order valence-corrected chi connectivity index (χ0v) is 13.3. The summed E-state index contributed by atoms with van der Waals surface area (Å²) in [7, 11) is 0. The van der Waals surface area contributed by atoms with Gasteiger partial charge < -0.3 is 5.11 Å². The van der Waals surface area contributed by atoms with Gasteiger partial charge in [0, 0.05) is 6.61 Å². The normalized spacial score (nSPS) is 26.9. The van der Waals surface area contributed by atoms with Gasteiger partial charge in [-0.25, -0.2) is 0 Å². The Morgan fingerprint density at radius 3 is 2.58 bits per heavy atom. The van der Waals surface area contributed by atoms with Crippen LogP contribution in [0.2, 0.25) is 0 Å². The van der Waals surface area contributed by atoms with Gasteiger partial charge in [0.25, 0.3) is 0 Å². The van der Waals surface area contributed by atoms with Crippen LogP contribution in [-0.4, -0.2) is 11.7 Å². The smallest absolute Gasteiger partial charge is 0.0465 e. The molecule has 0 bridgehead atoms. The number of hydrogen-bond acceptors (Lipinski definition) is 1. The third-order valence-corrected chi connectivity index (χ3v) is 4.67. The Kier molecular flexibility index (Phi) is 7.75. The molecule has 0 aromatic heterocycles. The number of hydrogen-bond donors (Lipinski definition) is 1. The molecular weight excluding hydrogens is 232 g/mol. The average Bonchev–Trinajstić information content (AvgIpc) is 2.38. The fraction of sp³-hybridized carbons (Fsp3) is 0.889. The highest BCUT2D eigenvalue weighted by Crippen LogP contribution is 2.42. The molecule has 0 aliphatic heterocycles. The Hall–Kier alpha value is -0.300. The lowest BCUT2D eigenvalue weighted by Crippen LogP contribution is -2.31. The summed E-state index contributed by atoms with van der Waals surface area (Å²) in [6.45, 7) is 7.29. The van der Waals surface area contributed by atoms with E-state index in [2.05, 4.69) is 32.9 Å². The number of allylic oxidation sites excluding steroid dienone is 2. The lowest BCUT2D eigenvalue weighted by atomic mass is 9.67. The number of unbranched alkanes of at least 4 members (excludes halogenated alkanes) is 5. The molecule has 1 heteroatoms. The second-order valence-corrected chi connectivity index (χ2v) is 7.14. The zero-order valence-electron chi connectivity index (χ0n) is 13.3. The van der Waals surface area contributed by atoms with E-state index in [0.29, 0.717) is 23.9 Å². The molecule has 1 rings (SSSR count). The van der Waals surface area contributed by atoms with Crippen molar-refractivity contribution in [3.8, 4) is 0 Å². The minimum absolute atomic E-state index is 0.356. The molecule has 1 saturated carbocycles. The molecule has 0 radical (unpaired) electrons. The molecule has 1 aliphatic carbocycles. The van der Waals surface area contributed by atoms with Gasteiger partial charge in [0.1, 0.15) is 0 Å². The highest BCUT2D eigenvalue weighted by Gasteiger charge is 2.32. The first-order chi connectivity index (χ1) is 9.09. The summed E-state index contributed by atoms with van der Waals surface area (Å²) < 4.78 is 0. The summed E-state index contributed by atoms with van der Waals surface area (Å²) in [5.74, 6) is 1.11. The van der Waals surface area contributed by atoms with Gasteiger partial charge in [-0.3, -0.25) is 0 Å². The molecule has 0 aromatic rings. The first-order valence-electron chi connectivity index (χ1n) is 8.36. The van der Waals surface area contributed by atoms with Crippen molar-refractivity contribution in [2.24, 2.45) is 17.3 Å². The molecule has 1 N–H and O–H groups in total. The van der Waals surface area contributed by atoms with Gasteiger partial charge in [0.15, 0.2) is 0 Å².